The van der Waals surface area contributed by atoms with Crippen LogP contribution < -0.4 is 5.73 Å². The molecule has 0 atom stereocenters. The third kappa shape index (κ3) is 6.90. The van der Waals surface area contributed by atoms with E-state index in [-0.39, 0.29) is 5.69 Å². The summed E-state index contributed by atoms with van der Waals surface area (Å²) in [6, 6.07) is 12.1. The summed E-state index contributed by atoms with van der Waals surface area (Å²) in [5.74, 6) is -0.527. The van der Waals surface area contributed by atoms with Crippen molar-refractivity contribution in [2.45, 2.75) is 6.92 Å². The minimum atomic E-state index is -2.37. The van der Waals surface area contributed by atoms with Crippen molar-refractivity contribution in [3.63, 3.8) is 0 Å². The molecule has 0 spiro atoms. The maximum Gasteiger partial charge on any atom is 0.260 e. The second kappa shape index (κ2) is 8.42. The molecule has 0 bridgehead atoms. The Labute approximate surface area is 132 Å². The van der Waals surface area contributed by atoms with E-state index >= 15 is 0 Å². The van der Waals surface area contributed by atoms with E-state index in [1.807, 2.05) is 17.2 Å². The molecule has 110 valence electrons. The molecule has 6 heteroatoms. The van der Waals surface area contributed by atoms with Crippen LogP contribution in [-0.2, 0) is 10.3 Å². The van der Waals surface area contributed by atoms with Crippen molar-refractivity contribution in [3.05, 3.63) is 63.9 Å². The Kier molecular flexibility index (Phi) is 6.88. The molecule has 0 radical (unpaired) electrons. The van der Waals surface area contributed by atoms with Gasteiger partial charge < -0.3 is 5.73 Å². The van der Waals surface area contributed by atoms with Crippen molar-refractivity contribution < 1.29 is 12.8 Å². The molecular weight excluding hydrogens is 357 g/mol. The summed E-state index contributed by atoms with van der Waals surface area (Å²) in [6.45, 7) is 2.08. The lowest BCUT2D eigenvalue weighted by Gasteiger charge is -1.95. The van der Waals surface area contributed by atoms with Gasteiger partial charge in [0.2, 0.25) is 0 Å². The quantitative estimate of drug-likeness (QED) is 0.618. The highest BCUT2D eigenvalue weighted by molar-refractivity contribution is 9.10. The molecule has 0 aliphatic carbocycles. The Bertz CT molecular complexity index is 751. The van der Waals surface area contributed by atoms with Crippen LogP contribution in [0.4, 0.5) is 10.1 Å². The Hall–Kier alpha value is -1.88. The number of hydrogen-bond acceptors (Lipinski definition) is 3. The zero-order valence-electron chi connectivity index (χ0n) is 11.2. The van der Waals surface area contributed by atoms with Gasteiger partial charge in [-0.15, -0.1) is 0 Å². The molecule has 0 aliphatic heterocycles. The number of nitrogen functional groups attached to an aromatic ring is 1. The molecule has 21 heavy (non-hydrogen) atoms. The molecule has 2 rings (SSSR count). The monoisotopic (exact) mass is 369 g/mol. The summed E-state index contributed by atoms with van der Waals surface area (Å²) >= 11 is 3.35. The van der Waals surface area contributed by atoms with Crippen molar-refractivity contribution in [1.29, 1.82) is 0 Å². The maximum atomic E-state index is 12.6. The first-order valence-corrected chi connectivity index (χ1v) is 7.71. The Morgan fingerprint density at radius 2 is 1.81 bits per heavy atom. The SMILES string of the molecule is Cc1ccc(Br)cc1.Nc1cc(C=C=S(=O)=O)ccc1F. The van der Waals surface area contributed by atoms with E-state index in [2.05, 4.69) is 35.0 Å². The van der Waals surface area contributed by atoms with E-state index in [9.17, 15) is 12.8 Å². The number of nitrogens with two attached hydrogens (primary N) is 1. The normalized spacial score (nSPS) is 9.10. The number of benzene rings is 2. The second-order valence-electron chi connectivity index (χ2n) is 4.07. The van der Waals surface area contributed by atoms with Crippen molar-refractivity contribution >= 4 is 43.0 Å². The van der Waals surface area contributed by atoms with Gasteiger partial charge in [-0.25, -0.2) is 4.39 Å². The average Bonchev–Trinajstić information content (AvgIpc) is 2.44. The molecule has 2 aromatic rings. The van der Waals surface area contributed by atoms with Gasteiger partial charge in [0.05, 0.1) is 5.69 Å². The summed E-state index contributed by atoms with van der Waals surface area (Å²) in [5.41, 5.74) is 7.02. The fourth-order valence-electron chi connectivity index (χ4n) is 1.30. The van der Waals surface area contributed by atoms with Gasteiger partial charge in [0, 0.05) is 15.6 Å². The van der Waals surface area contributed by atoms with E-state index in [1.54, 1.807) is 0 Å². The van der Waals surface area contributed by atoms with Gasteiger partial charge in [0.1, 0.15) is 5.82 Å². The Morgan fingerprint density at radius 3 is 2.29 bits per heavy atom. The number of hydrogen-bond donors (Lipinski definition) is 1. The topological polar surface area (TPSA) is 60.2 Å². The van der Waals surface area contributed by atoms with Crippen LogP contribution in [0.3, 0.4) is 0 Å². The zero-order chi connectivity index (χ0) is 15.8. The largest absolute Gasteiger partial charge is 0.396 e. The predicted molar refractivity (Wildman–Crippen MR) is 88.1 cm³/mol. The molecule has 3 nitrogen and oxygen atoms in total. The van der Waals surface area contributed by atoms with E-state index in [0.717, 1.165) is 10.5 Å². The molecule has 0 saturated carbocycles. The van der Waals surface area contributed by atoms with Gasteiger partial charge in [-0.3, -0.25) is 0 Å². The Morgan fingerprint density at radius 1 is 1.19 bits per heavy atom. The fourth-order valence-corrected chi connectivity index (χ4v) is 1.80. The van der Waals surface area contributed by atoms with Crippen LogP contribution in [-0.4, -0.2) is 13.4 Å². The van der Waals surface area contributed by atoms with E-state index < -0.39 is 16.1 Å². The molecule has 0 amide bonds. The molecule has 2 N–H and O–H groups in total. The molecular formula is C15H13BrFNO2S. The van der Waals surface area contributed by atoms with Gasteiger partial charge in [0.15, 0.2) is 0 Å². The summed E-state index contributed by atoms with van der Waals surface area (Å²) in [5, 5.41) is 2.02. The molecule has 2 aromatic carbocycles. The van der Waals surface area contributed by atoms with Gasteiger partial charge in [-0.2, -0.15) is 8.42 Å². The van der Waals surface area contributed by atoms with Gasteiger partial charge >= 0.3 is 0 Å². The molecule has 0 heterocycles. The van der Waals surface area contributed by atoms with Crippen LogP contribution in [0, 0.1) is 12.7 Å². The lowest BCUT2D eigenvalue weighted by Crippen LogP contribution is -1.90. The molecule has 0 aliphatic rings. The predicted octanol–water partition coefficient (Wildman–Crippen LogP) is 3.46. The first kappa shape index (κ1) is 17.2. The summed E-state index contributed by atoms with van der Waals surface area (Å²) in [4.78, 5) is 0. The van der Waals surface area contributed by atoms with Crippen molar-refractivity contribution in [2.24, 2.45) is 0 Å². The number of aryl methyl sites for hydroxylation is 1. The highest BCUT2D eigenvalue weighted by Gasteiger charge is 1.96. The number of rotatable bonds is 1. The van der Waals surface area contributed by atoms with Crippen molar-refractivity contribution in [2.75, 3.05) is 5.73 Å². The highest BCUT2D eigenvalue weighted by atomic mass is 79.9. The fraction of sp³-hybridized carbons (Fsp3) is 0.0667. The minimum absolute atomic E-state index is 0.0211. The first-order chi connectivity index (χ1) is 9.88. The zero-order valence-corrected chi connectivity index (χ0v) is 13.6. The van der Waals surface area contributed by atoms with Gasteiger partial charge in [-0.05, 0) is 36.8 Å². The van der Waals surface area contributed by atoms with Crippen LogP contribution in [0.2, 0.25) is 0 Å². The van der Waals surface area contributed by atoms with E-state index in [0.29, 0.717) is 5.56 Å². The average molecular weight is 370 g/mol. The van der Waals surface area contributed by atoms with Crippen LogP contribution in [0.25, 0.3) is 6.08 Å². The minimum Gasteiger partial charge on any atom is -0.396 e. The number of halogens is 2. The van der Waals surface area contributed by atoms with Crippen LogP contribution in [0.1, 0.15) is 11.1 Å². The molecule has 0 fully saturated rings. The smallest absolute Gasteiger partial charge is 0.260 e. The van der Waals surface area contributed by atoms with Gasteiger partial charge in [0.25, 0.3) is 10.3 Å². The first-order valence-electron chi connectivity index (χ1n) is 5.84. The van der Waals surface area contributed by atoms with Crippen LogP contribution >= 0.6 is 15.9 Å². The van der Waals surface area contributed by atoms with Crippen molar-refractivity contribution in [3.8, 4) is 0 Å². The number of anilines is 1. The van der Waals surface area contributed by atoms with E-state index in [1.165, 1.54) is 23.8 Å². The van der Waals surface area contributed by atoms with Crippen molar-refractivity contribution in [1.82, 2.24) is 0 Å². The standard InChI is InChI=1S/C8H6FNO2S.C7H7Br/c9-7-2-1-6(5-8(7)10)3-4-13(11)12;1-6-2-4-7(8)5-3-6/h1-3,5H,10H2;2-5H,1H3. The second-order valence-corrected chi connectivity index (χ2v) is 5.69. The van der Waals surface area contributed by atoms with Crippen LogP contribution in [0.5, 0.6) is 0 Å². The third-order valence-corrected chi connectivity index (χ3v) is 3.19. The van der Waals surface area contributed by atoms with E-state index in [4.69, 9.17) is 5.73 Å². The lowest BCUT2D eigenvalue weighted by molar-refractivity contribution is 0.627. The maximum absolute atomic E-state index is 12.6. The summed E-state index contributed by atoms with van der Waals surface area (Å²) in [6.07, 6.45) is 1.21. The highest BCUT2D eigenvalue weighted by Crippen LogP contribution is 2.12. The molecule has 0 aromatic heterocycles. The summed E-state index contributed by atoms with van der Waals surface area (Å²) in [7, 11) is -2.37. The Balaban J connectivity index is 0.000000235. The molecule has 0 unspecified atom stereocenters. The van der Waals surface area contributed by atoms with Crippen LogP contribution in [0.15, 0.2) is 46.9 Å². The van der Waals surface area contributed by atoms with Gasteiger partial charge in [-0.1, -0.05) is 39.7 Å². The third-order valence-electron chi connectivity index (χ3n) is 2.35. The summed E-state index contributed by atoms with van der Waals surface area (Å²) < 4.78 is 33.9. The lowest BCUT2D eigenvalue weighted by atomic mass is 10.2. The molecule has 0 saturated heterocycles.